The third kappa shape index (κ3) is 5.11. The highest BCUT2D eigenvalue weighted by atomic mass is 19.4. The fourth-order valence-electron chi connectivity index (χ4n) is 1.81. The number of carbonyl (C=O) groups excluding carboxylic acids is 1. The number of halogens is 3. The van der Waals surface area contributed by atoms with E-state index in [2.05, 4.69) is 25.3 Å². The first-order valence-electron chi connectivity index (χ1n) is 6.94. The van der Waals surface area contributed by atoms with Gasteiger partial charge in [-0.15, -0.1) is 0 Å². The van der Waals surface area contributed by atoms with Crippen molar-refractivity contribution in [2.45, 2.75) is 12.7 Å². The third-order valence-corrected chi connectivity index (χ3v) is 2.92. The Kier molecular flexibility index (Phi) is 5.56. The van der Waals surface area contributed by atoms with E-state index in [0.29, 0.717) is 23.5 Å². The highest BCUT2D eigenvalue weighted by Crippen LogP contribution is 2.17. The SMILES string of the molecule is CNC(=O)c1cccnc1NCc1ccc(OCC(F)(F)F)nc1. The van der Waals surface area contributed by atoms with Crippen molar-refractivity contribution in [2.24, 2.45) is 0 Å². The van der Waals surface area contributed by atoms with Crippen LogP contribution in [0.15, 0.2) is 36.7 Å². The van der Waals surface area contributed by atoms with Crippen molar-refractivity contribution in [3.8, 4) is 5.88 Å². The molecule has 0 aromatic carbocycles. The van der Waals surface area contributed by atoms with E-state index in [1.807, 2.05) is 0 Å². The topological polar surface area (TPSA) is 76.1 Å². The first kappa shape index (κ1) is 17.5. The number of nitrogens with one attached hydrogen (secondary N) is 2. The number of alkyl halides is 3. The lowest BCUT2D eigenvalue weighted by Crippen LogP contribution is -2.20. The van der Waals surface area contributed by atoms with Crippen LogP contribution in [-0.2, 0) is 6.54 Å². The van der Waals surface area contributed by atoms with Gasteiger partial charge in [0, 0.05) is 32.1 Å². The van der Waals surface area contributed by atoms with Gasteiger partial charge >= 0.3 is 6.18 Å². The van der Waals surface area contributed by atoms with Crippen molar-refractivity contribution in [3.63, 3.8) is 0 Å². The first-order chi connectivity index (χ1) is 11.4. The summed E-state index contributed by atoms with van der Waals surface area (Å²) in [6, 6.07) is 6.19. The van der Waals surface area contributed by atoms with Crippen LogP contribution in [0.4, 0.5) is 19.0 Å². The molecule has 2 rings (SSSR count). The fraction of sp³-hybridized carbons (Fsp3) is 0.267. The van der Waals surface area contributed by atoms with Crippen LogP contribution in [0.2, 0.25) is 0 Å². The van der Waals surface area contributed by atoms with E-state index in [1.165, 1.54) is 19.3 Å². The van der Waals surface area contributed by atoms with E-state index in [9.17, 15) is 18.0 Å². The van der Waals surface area contributed by atoms with Crippen molar-refractivity contribution in [1.29, 1.82) is 0 Å². The second-order valence-corrected chi connectivity index (χ2v) is 4.74. The Morgan fingerprint density at radius 3 is 2.67 bits per heavy atom. The molecule has 0 saturated heterocycles. The molecule has 0 spiro atoms. The van der Waals surface area contributed by atoms with Gasteiger partial charge in [0.05, 0.1) is 5.56 Å². The molecule has 0 radical (unpaired) electrons. The molecule has 0 aliphatic heterocycles. The van der Waals surface area contributed by atoms with Crippen molar-refractivity contribution in [3.05, 3.63) is 47.8 Å². The molecule has 128 valence electrons. The van der Waals surface area contributed by atoms with Gasteiger partial charge in [-0.2, -0.15) is 13.2 Å². The van der Waals surface area contributed by atoms with Crippen LogP contribution in [0.1, 0.15) is 15.9 Å². The Balaban J connectivity index is 1.97. The van der Waals surface area contributed by atoms with Crippen molar-refractivity contribution >= 4 is 11.7 Å². The second-order valence-electron chi connectivity index (χ2n) is 4.74. The molecule has 2 aromatic heterocycles. The minimum Gasteiger partial charge on any atom is -0.468 e. The van der Waals surface area contributed by atoms with E-state index < -0.39 is 12.8 Å². The molecule has 0 fully saturated rings. The number of anilines is 1. The second kappa shape index (κ2) is 7.62. The van der Waals surface area contributed by atoms with Crippen LogP contribution < -0.4 is 15.4 Å². The summed E-state index contributed by atoms with van der Waals surface area (Å²) in [6.07, 6.45) is -1.47. The highest BCUT2D eigenvalue weighted by Gasteiger charge is 2.28. The summed E-state index contributed by atoms with van der Waals surface area (Å²) >= 11 is 0. The van der Waals surface area contributed by atoms with E-state index in [4.69, 9.17) is 0 Å². The zero-order valence-electron chi connectivity index (χ0n) is 12.7. The normalized spacial score (nSPS) is 11.0. The summed E-state index contributed by atoms with van der Waals surface area (Å²) in [5, 5.41) is 5.50. The molecular weight excluding hydrogens is 325 g/mol. The minimum atomic E-state index is -4.41. The maximum Gasteiger partial charge on any atom is 0.422 e. The van der Waals surface area contributed by atoms with Crippen LogP contribution >= 0.6 is 0 Å². The Bertz CT molecular complexity index is 690. The number of rotatable bonds is 6. The lowest BCUT2D eigenvalue weighted by molar-refractivity contribution is -0.154. The Hall–Kier alpha value is -2.84. The van der Waals surface area contributed by atoms with Gasteiger partial charge < -0.3 is 15.4 Å². The molecule has 0 unspecified atom stereocenters. The number of ether oxygens (including phenoxy) is 1. The summed E-state index contributed by atoms with van der Waals surface area (Å²) in [7, 11) is 1.52. The maximum absolute atomic E-state index is 12.1. The van der Waals surface area contributed by atoms with Gasteiger partial charge in [-0.3, -0.25) is 4.79 Å². The van der Waals surface area contributed by atoms with Gasteiger partial charge in [-0.05, 0) is 17.7 Å². The molecule has 24 heavy (non-hydrogen) atoms. The molecule has 2 heterocycles. The average molecular weight is 340 g/mol. The van der Waals surface area contributed by atoms with Crippen LogP contribution in [0.3, 0.4) is 0 Å². The van der Waals surface area contributed by atoms with Gasteiger partial charge in [0.2, 0.25) is 5.88 Å². The van der Waals surface area contributed by atoms with Crippen molar-refractivity contribution in [1.82, 2.24) is 15.3 Å². The van der Waals surface area contributed by atoms with E-state index in [0.717, 1.165) is 0 Å². The monoisotopic (exact) mass is 340 g/mol. The average Bonchev–Trinajstić information content (AvgIpc) is 2.58. The quantitative estimate of drug-likeness (QED) is 0.844. The zero-order valence-corrected chi connectivity index (χ0v) is 12.7. The first-order valence-corrected chi connectivity index (χ1v) is 6.94. The van der Waals surface area contributed by atoms with E-state index in [-0.39, 0.29) is 11.8 Å². The summed E-state index contributed by atoms with van der Waals surface area (Å²) in [4.78, 5) is 19.6. The van der Waals surface area contributed by atoms with E-state index >= 15 is 0 Å². The number of aromatic nitrogens is 2. The summed E-state index contributed by atoms with van der Waals surface area (Å²) in [6.45, 7) is -1.09. The number of amides is 1. The number of hydrogen-bond acceptors (Lipinski definition) is 5. The predicted molar refractivity (Wildman–Crippen MR) is 80.7 cm³/mol. The van der Waals surface area contributed by atoms with Crippen LogP contribution in [0, 0.1) is 0 Å². The molecule has 9 heteroatoms. The summed E-state index contributed by atoms with van der Waals surface area (Å²) in [5.41, 5.74) is 1.08. The number of carbonyl (C=O) groups is 1. The largest absolute Gasteiger partial charge is 0.468 e. The van der Waals surface area contributed by atoms with Gasteiger partial charge in [0.15, 0.2) is 6.61 Å². The fourth-order valence-corrected chi connectivity index (χ4v) is 1.81. The van der Waals surface area contributed by atoms with Gasteiger partial charge in [-0.25, -0.2) is 9.97 Å². The van der Waals surface area contributed by atoms with E-state index in [1.54, 1.807) is 24.4 Å². The predicted octanol–water partition coefficient (Wildman–Crippen LogP) is 2.39. The molecule has 6 nitrogen and oxygen atoms in total. The van der Waals surface area contributed by atoms with Gasteiger partial charge in [-0.1, -0.05) is 6.07 Å². The molecule has 0 saturated carbocycles. The van der Waals surface area contributed by atoms with Gasteiger partial charge in [0.25, 0.3) is 5.91 Å². The number of hydrogen-bond donors (Lipinski definition) is 2. The van der Waals surface area contributed by atoms with Crippen LogP contribution in [0.25, 0.3) is 0 Å². The smallest absolute Gasteiger partial charge is 0.422 e. The number of nitrogens with zero attached hydrogens (tertiary/aromatic N) is 2. The minimum absolute atomic E-state index is 0.111. The zero-order chi connectivity index (χ0) is 17.6. The molecular formula is C15H15F3N4O2. The molecule has 0 atom stereocenters. The number of pyridine rings is 2. The van der Waals surface area contributed by atoms with Crippen molar-refractivity contribution in [2.75, 3.05) is 19.0 Å². The highest BCUT2D eigenvalue weighted by molar-refractivity contribution is 5.98. The Morgan fingerprint density at radius 1 is 1.25 bits per heavy atom. The summed E-state index contributed by atoms with van der Waals surface area (Å²) in [5.74, 6) is 0.00818. The lowest BCUT2D eigenvalue weighted by atomic mass is 10.2. The van der Waals surface area contributed by atoms with Crippen LogP contribution in [0.5, 0.6) is 5.88 Å². The molecule has 2 N–H and O–H groups in total. The Labute approximate surface area is 136 Å². The summed E-state index contributed by atoms with van der Waals surface area (Å²) < 4.78 is 40.7. The van der Waals surface area contributed by atoms with Crippen molar-refractivity contribution < 1.29 is 22.7 Å². The molecule has 1 amide bonds. The van der Waals surface area contributed by atoms with Crippen LogP contribution in [-0.4, -0.2) is 35.7 Å². The molecule has 0 aliphatic rings. The molecule has 0 bridgehead atoms. The maximum atomic E-state index is 12.1. The van der Waals surface area contributed by atoms with Gasteiger partial charge in [0.1, 0.15) is 5.82 Å². The third-order valence-electron chi connectivity index (χ3n) is 2.92. The molecule has 2 aromatic rings. The Morgan fingerprint density at radius 2 is 2.04 bits per heavy atom. The standard InChI is InChI=1S/C15H15F3N4O2/c1-19-14(23)11-3-2-6-20-13(11)22-8-10-4-5-12(21-7-10)24-9-15(16,17)18/h2-7H,8-9H2,1H3,(H,19,23)(H,20,22). The lowest BCUT2D eigenvalue weighted by Gasteiger charge is -2.11. The molecule has 0 aliphatic carbocycles.